The van der Waals surface area contributed by atoms with Gasteiger partial charge in [0.25, 0.3) is 0 Å². The first-order valence-corrected chi connectivity index (χ1v) is 5.80. The predicted octanol–water partition coefficient (Wildman–Crippen LogP) is 2.04. The first-order valence-electron chi connectivity index (χ1n) is 5.80. The molecule has 4 heteroatoms. The Balaban J connectivity index is 2.21. The highest BCUT2D eigenvalue weighted by Crippen LogP contribution is 2.33. The molecule has 0 amide bonds. The van der Waals surface area contributed by atoms with E-state index in [0.717, 1.165) is 17.0 Å². The number of rotatable bonds is 2. The molecule has 2 rings (SSSR count). The van der Waals surface area contributed by atoms with Gasteiger partial charge in [0.05, 0.1) is 18.8 Å². The van der Waals surface area contributed by atoms with E-state index in [0.29, 0.717) is 13.2 Å². The molecule has 4 nitrogen and oxygen atoms in total. The molecule has 1 heterocycles. The van der Waals surface area contributed by atoms with Gasteiger partial charge in [0.2, 0.25) is 6.10 Å². The Bertz CT molecular complexity index is 443. The van der Waals surface area contributed by atoms with Gasteiger partial charge in [0.1, 0.15) is 5.75 Å². The van der Waals surface area contributed by atoms with Gasteiger partial charge in [-0.1, -0.05) is 6.07 Å². The first-order chi connectivity index (χ1) is 8.11. The van der Waals surface area contributed by atoms with E-state index in [9.17, 15) is 4.79 Å². The van der Waals surface area contributed by atoms with Gasteiger partial charge in [-0.25, -0.2) is 4.79 Å². The summed E-state index contributed by atoms with van der Waals surface area (Å²) in [6, 6.07) is 4.05. The molecule has 0 fully saturated rings. The number of hydrogen-bond acceptors (Lipinski definition) is 4. The lowest BCUT2D eigenvalue weighted by atomic mass is 10.1. The highest BCUT2D eigenvalue weighted by molar-refractivity contribution is 5.78. The third-order valence-electron chi connectivity index (χ3n) is 2.71. The number of hydrogen-bond donors (Lipinski definition) is 1. The molecule has 92 valence electrons. The number of aryl methyl sites for hydroxylation is 2. The lowest BCUT2D eigenvalue weighted by molar-refractivity contribution is -0.150. The van der Waals surface area contributed by atoms with E-state index in [4.69, 9.17) is 9.47 Å². The van der Waals surface area contributed by atoms with Crippen LogP contribution in [-0.2, 0) is 9.53 Å². The minimum absolute atomic E-state index is 0.314. The summed E-state index contributed by atoms with van der Waals surface area (Å²) in [4.78, 5) is 11.6. The monoisotopic (exact) mass is 235 g/mol. The average Bonchev–Trinajstić information content (AvgIpc) is 2.28. The maximum Gasteiger partial charge on any atom is 0.349 e. The lowest BCUT2D eigenvalue weighted by Crippen LogP contribution is -2.39. The highest BCUT2D eigenvalue weighted by atomic mass is 16.6. The Hall–Kier alpha value is -1.71. The van der Waals surface area contributed by atoms with E-state index < -0.39 is 6.10 Å². The van der Waals surface area contributed by atoms with E-state index in [-0.39, 0.29) is 5.97 Å². The van der Waals surface area contributed by atoms with Crippen LogP contribution in [0, 0.1) is 13.8 Å². The molecule has 1 aromatic carbocycles. The van der Waals surface area contributed by atoms with Crippen molar-refractivity contribution in [2.75, 3.05) is 18.5 Å². The van der Waals surface area contributed by atoms with Crippen LogP contribution >= 0.6 is 0 Å². The van der Waals surface area contributed by atoms with Gasteiger partial charge in [-0.2, -0.15) is 0 Å². The molecule has 0 unspecified atom stereocenters. The van der Waals surface area contributed by atoms with E-state index in [2.05, 4.69) is 5.32 Å². The van der Waals surface area contributed by atoms with Crippen LogP contribution in [0.3, 0.4) is 0 Å². The largest absolute Gasteiger partial charge is 0.474 e. The van der Waals surface area contributed by atoms with E-state index in [1.807, 2.05) is 26.0 Å². The minimum Gasteiger partial charge on any atom is -0.474 e. The number of fused-ring (bicyclic) bond motifs is 1. The molecule has 0 aliphatic carbocycles. The summed E-state index contributed by atoms with van der Waals surface area (Å²) in [6.45, 7) is 6.62. The van der Waals surface area contributed by atoms with E-state index in [1.165, 1.54) is 5.56 Å². The standard InChI is InChI=1S/C13H17NO3/c1-4-16-13(15)11-7-14-10-6-8(2)5-9(3)12(10)17-11/h5-6,11,14H,4,7H2,1-3H3/t11-/m0/s1. The fraction of sp³-hybridized carbons (Fsp3) is 0.462. The fourth-order valence-corrected chi connectivity index (χ4v) is 2.00. The second-order valence-corrected chi connectivity index (χ2v) is 4.20. The number of nitrogens with one attached hydrogen (secondary N) is 1. The van der Waals surface area contributed by atoms with Crippen molar-refractivity contribution in [3.8, 4) is 5.75 Å². The van der Waals surface area contributed by atoms with Crippen molar-refractivity contribution in [3.05, 3.63) is 23.3 Å². The van der Waals surface area contributed by atoms with Crippen molar-refractivity contribution >= 4 is 11.7 Å². The molecular weight excluding hydrogens is 218 g/mol. The topological polar surface area (TPSA) is 47.6 Å². The zero-order valence-corrected chi connectivity index (χ0v) is 10.4. The Morgan fingerprint density at radius 3 is 3.00 bits per heavy atom. The van der Waals surface area contributed by atoms with Crippen molar-refractivity contribution in [1.82, 2.24) is 0 Å². The Labute approximate surface area is 101 Å². The van der Waals surface area contributed by atoms with E-state index in [1.54, 1.807) is 6.92 Å². The predicted molar refractivity (Wildman–Crippen MR) is 65.5 cm³/mol. The zero-order chi connectivity index (χ0) is 12.4. The van der Waals surface area contributed by atoms with Crippen LogP contribution in [-0.4, -0.2) is 25.2 Å². The SMILES string of the molecule is CCOC(=O)[C@@H]1CNc2cc(C)cc(C)c2O1. The van der Waals surface area contributed by atoms with Crippen LogP contribution in [0.4, 0.5) is 5.69 Å². The van der Waals surface area contributed by atoms with Crippen molar-refractivity contribution in [2.24, 2.45) is 0 Å². The maximum absolute atomic E-state index is 11.6. The van der Waals surface area contributed by atoms with Crippen molar-refractivity contribution in [1.29, 1.82) is 0 Å². The second kappa shape index (κ2) is 4.65. The Morgan fingerprint density at radius 2 is 2.29 bits per heavy atom. The summed E-state index contributed by atoms with van der Waals surface area (Å²) in [5.74, 6) is 0.436. The molecule has 0 saturated heterocycles. The number of anilines is 1. The summed E-state index contributed by atoms with van der Waals surface area (Å²) >= 11 is 0. The normalized spacial score (nSPS) is 17.7. The van der Waals surface area contributed by atoms with Crippen LogP contribution < -0.4 is 10.1 Å². The van der Waals surface area contributed by atoms with Crippen LogP contribution in [0.5, 0.6) is 5.75 Å². The molecule has 1 aliphatic heterocycles. The van der Waals surface area contributed by atoms with Crippen molar-refractivity contribution in [2.45, 2.75) is 26.9 Å². The summed E-state index contributed by atoms with van der Waals surface area (Å²) in [5, 5.41) is 3.21. The number of ether oxygens (including phenoxy) is 2. The molecule has 1 aromatic rings. The van der Waals surface area contributed by atoms with E-state index >= 15 is 0 Å². The number of carbonyl (C=O) groups is 1. The Kier molecular flexibility index (Phi) is 3.22. The summed E-state index contributed by atoms with van der Waals surface area (Å²) < 4.78 is 10.7. The fourth-order valence-electron chi connectivity index (χ4n) is 2.00. The lowest BCUT2D eigenvalue weighted by Gasteiger charge is -2.27. The number of carbonyl (C=O) groups excluding carboxylic acids is 1. The molecule has 0 saturated carbocycles. The average molecular weight is 235 g/mol. The van der Waals surface area contributed by atoms with Crippen molar-refractivity contribution in [3.63, 3.8) is 0 Å². The summed E-state index contributed by atoms with van der Waals surface area (Å²) in [6.07, 6.45) is -0.552. The molecular formula is C13H17NO3. The van der Waals surface area contributed by atoms with Gasteiger partial charge in [-0.15, -0.1) is 0 Å². The summed E-state index contributed by atoms with van der Waals surface area (Å²) in [7, 11) is 0. The van der Waals surface area contributed by atoms with Gasteiger partial charge in [0.15, 0.2) is 0 Å². The van der Waals surface area contributed by atoms with Gasteiger partial charge in [0, 0.05) is 0 Å². The third-order valence-corrected chi connectivity index (χ3v) is 2.71. The molecule has 0 radical (unpaired) electrons. The molecule has 0 spiro atoms. The second-order valence-electron chi connectivity index (χ2n) is 4.20. The quantitative estimate of drug-likeness (QED) is 0.797. The van der Waals surface area contributed by atoms with Gasteiger partial charge < -0.3 is 14.8 Å². The maximum atomic E-state index is 11.6. The number of esters is 1. The van der Waals surface area contributed by atoms with Crippen LogP contribution in [0.2, 0.25) is 0 Å². The molecule has 1 atom stereocenters. The summed E-state index contributed by atoms with van der Waals surface area (Å²) in [5.41, 5.74) is 3.15. The molecule has 17 heavy (non-hydrogen) atoms. The van der Waals surface area contributed by atoms with Crippen LogP contribution in [0.25, 0.3) is 0 Å². The third kappa shape index (κ3) is 2.35. The Morgan fingerprint density at radius 1 is 1.53 bits per heavy atom. The van der Waals surface area contributed by atoms with Gasteiger partial charge >= 0.3 is 5.97 Å². The van der Waals surface area contributed by atoms with Crippen LogP contribution in [0.1, 0.15) is 18.1 Å². The molecule has 1 N–H and O–H groups in total. The minimum atomic E-state index is -0.552. The molecule has 0 bridgehead atoms. The van der Waals surface area contributed by atoms with Crippen LogP contribution in [0.15, 0.2) is 12.1 Å². The van der Waals surface area contributed by atoms with Crippen molar-refractivity contribution < 1.29 is 14.3 Å². The van der Waals surface area contributed by atoms with Gasteiger partial charge in [-0.3, -0.25) is 0 Å². The zero-order valence-electron chi connectivity index (χ0n) is 10.4. The highest BCUT2D eigenvalue weighted by Gasteiger charge is 2.27. The number of benzene rings is 1. The molecule has 0 aromatic heterocycles. The smallest absolute Gasteiger partial charge is 0.349 e. The first kappa shape index (κ1) is 11.8. The van der Waals surface area contributed by atoms with Gasteiger partial charge in [-0.05, 0) is 38.0 Å². The molecule has 1 aliphatic rings.